The van der Waals surface area contributed by atoms with Crippen LogP contribution < -0.4 is 15.8 Å². The zero-order chi connectivity index (χ0) is 15.0. The molecule has 21 heavy (non-hydrogen) atoms. The maximum Gasteiger partial charge on any atom is 0.257 e. The summed E-state index contributed by atoms with van der Waals surface area (Å²) in [5.74, 6) is -2.88. The number of nitrogens with one attached hydrogen (secondary N) is 2. The SMILES string of the molecule is O=C1NCN(Cc2cc[nH]c(=O)c2)c2ccc(F)c(F)c21. The Hall–Kier alpha value is -2.70. The molecule has 0 aliphatic carbocycles. The van der Waals surface area contributed by atoms with Crippen LogP contribution in [0.3, 0.4) is 0 Å². The predicted molar refractivity (Wildman–Crippen MR) is 71.9 cm³/mol. The van der Waals surface area contributed by atoms with E-state index in [1.807, 2.05) is 0 Å². The molecule has 0 saturated heterocycles. The van der Waals surface area contributed by atoms with Crippen LogP contribution in [0.5, 0.6) is 0 Å². The highest BCUT2D eigenvalue weighted by molar-refractivity contribution is 6.01. The molecule has 2 N–H and O–H groups in total. The monoisotopic (exact) mass is 291 g/mol. The van der Waals surface area contributed by atoms with E-state index >= 15 is 0 Å². The molecule has 108 valence electrons. The normalized spacial score (nSPS) is 13.8. The summed E-state index contributed by atoms with van der Waals surface area (Å²) in [6, 6.07) is 5.46. The van der Waals surface area contributed by atoms with E-state index < -0.39 is 17.5 Å². The number of halogens is 2. The maximum atomic E-state index is 13.8. The number of aromatic amines is 1. The van der Waals surface area contributed by atoms with Crippen LogP contribution in [-0.4, -0.2) is 17.6 Å². The standard InChI is InChI=1S/C14H11F2N3O2/c15-9-1-2-10-12(13(9)16)14(21)18-7-19(10)6-8-3-4-17-11(20)5-8/h1-5H,6-7H2,(H,17,20)(H,18,21). The van der Waals surface area contributed by atoms with E-state index in [-0.39, 0.29) is 17.8 Å². The van der Waals surface area contributed by atoms with Crippen molar-refractivity contribution < 1.29 is 13.6 Å². The van der Waals surface area contributed by atoms with Crippen LogP contribution in [0.1, 0.15) is 15.9 Å². The van der Waals surface area contributed by atoms with Gasteiger partial charge in [-0.05, 0) is 23.8 Å². The van der Waals surface area contributed by atoms with Crippen LogP contribution in [0.4, 0.5) is 14.5 Å². The smallest absolute Gasteiger partial charge is 0.257 e. The quantitative estimate of drug-likeness (QED) is 0.878. The van der Waals surface area contributed by atoms with E-state index in [4.69, 9.17) is 0 Å². The molecule has 7 heteroatoms. The number of nitrogens with zero attached hydrogens (tertiary/aromatic N) is 1. The van der Waals surface area contributed by atoms with Gasteiger partial charge in [0.25, 0.3) is 5.91 Å². The van der Waals surface area contributed by atoms with Gasteiger partial charge in [-0.15, -0.1) is 0 Å². The molecule has 1 aromatic carbocycles. The van der Waals surface area contributed by atoms with E-state index in [0.717, 1.165) is 6.07 Å². The lowest BCUT2D eigenvalue weighted by Gasteiger charge is -2.31. The number of H-pyrrole nitrogens is 1. The van der Waals surface area contributed by atoms with Gasteiger partial charge in [-0.3, -0.25) is 9.59 Å². The van der Waals surface area contributed by atoms with Crippen LogP contribution in [0.15, 0.2) is 35.3 Å². The zero-order valence-corrected chi connectivity index (χ0v) is 10.8. The van der Waals surface area contributed by atoms with Gasteiger partial charge in [-0.25, -0.2) is 8.78 Å². The molecule has 5 nitrogen and oxygen atoms in total. The number of hydrogen-bond acceptors (Lipinski definition) is 3. The minimum absolute atomic E-state index is 0.156. The van der Waals surface area contributed by atoms with Crippen molar-refractivity contribution in [1.82, 2.24) is 10.3 Å². The molecule has 2 heterocycles. The molecule has 1 aliphatic heterocycles. The summed E-state index contributed by atoms with van der Waals surface area (Å²) in [7, 11) is 0. The Bertz CT molecular complexity index is 773. The fourth-order valence-corrected chi connectivity index (χ4v) is 2.31. The Kier molecular flexibility index (Phi) is 3.17. The topological polar surface area (TPSA) is 65.2 Å². The van der Waals surface area contributed by atoms with Gasteiger partial charge in [0.15, 0.2) is 11.6 Å². The number of anilines is 1. The summed E-state index contributed by atoms with van der Waals surface area (Å²) >= 11 is 0. The molecule has 3 rings (SSSR count). The Morgan fingerprint density at radius 3 is 2.76 bits per heavy atom. The Morgan fingerprint density at radius 1 is 1.19 bits per heavy atom. The number of rotatable bonds is 2. The van der Waals surface area contributed by atoms with Crippen molar-refractivity contribution in [1.29, 1.82) is 0 Å². The third-order valence-electron chi connectivity index (χ3n) is 3.28. The molecule has 1 amide bonds. The highest BCUT2D eigenvalue weighted by Gasteiger charge is 2.27. The summed E-state index contributed by atoms with van der Waals surface area (Å²) in [5.41, 5.74) is 0.439. The van der Waals surface area contributed by atoms with Gasteiger partial charge in [0, 0.05) is 18.8 Å². The van der Waals surface area contributed by atoms with Crippen molar-refractivity contribution in [2.24, 2.45) is 0 Å². The number of carbonyl (C=O) groups excluding carboxylic acids is 1. The molecule has 0 spiro atoms. The van der Waals surface area contributed by atoms with Crippen LogP contribution in [0.2, 0.25) is 0 Å². The van der Waals surface area contributed by atoms with E-state index in [2.05, 4.69) is 10.3 Å². The molecule has 0 saturated carbocycles. The fraction of sp³-hybridized carbons (Fsp3) is 0.143. The predicted octanol–water partition coefficient (Wildman–Crippen LogP) is 1.36. The second-order valence-corrected chi connectivity index (χ2v) is 4.68. The number of aromatic nitrogens is 1. The Balaban J connectivity index is 2.00. The zero-order valence-electron chi connectivity index (χ0n) is 10.8. The molecule has 1 aromatic heterocycles. The van der Waals surface area contributed by atoms with Gasteiger partial charge in [0.2, 0.25) is 5.56 Å². The van der Waals surface area contributed by atoms with Crippen LogP contribution in [0, 0.1) is 11.6 Å². The molecule has 2 aromatic rings. The van der Waals surface area contributed by atoms with Crippen molar-refractivity contribution in [3.8, 4) is 0 Å². The van der Waals surface area contributed by atoms with Crippen molar-refractivity contribution >= 4 is 11.6 Å². The van der Waals surface area contributed by atoms with Gasteiger partial charge in [0.1, 0.15) is 5.56 Å². The lowest BCUT2D eigenvalue weighted by molar-refractivity contribution is 0.0942. The highest BCUT2D eigenvalue weighted by Crippen LogP contribution is 2.28. The number of benzene rings is 1. The number of amides is 1. The fourth-order valence-electron chi connectivity index (χ4n) is 2.31. The summed E-state index contributed by atoms with van der Waals surface area (Å²) in [6.45, 7) is 0.450. The lowest BCUT2D eigenvalue weighted by atomic mass is 10.1. The molecular weight excluding hydrogens is 280 g/mol. The Labute approximate surface area is 118 Å². The second kappa shape index (κ2) is 5.01. The minimum atomic E-state index is -1.17. The lowest BCUT2D eigenvalue weighted by Crippen LogP contribution is -2.43. The van der Waals surface area contributed by atoms with Gasteiger partial charge >= 0.3 is 0 Å². The average Bonchev–Trinajstić information content (AvgIpc) is 2.45. The van der Waals surface area contributed by atoms with E-state index in [1.54, 1.807) is 11.0 Å². The molecule has 0 fully saturated rings. The molecule has 0 radical (unpaired) electrons. The first-order valence-electron chi connectivity index (χ1n) is 6.25. The average molecular weight is 291 g/mol. The molecule has 1 aliphatic rings. The van der Waals surface area contributed by atoms with Crippen molar-refractivity contribution in [3.63, 3.8) is 0 Å². The largest absolute Gasteiger partial charge is 0.349 e. The van der Waals surface area contributed by atoms with Crippen LogP contribution in [-0.2, 0) is 6.54 Å². The van der Waals surface area contributed by atoms with Crippen molar-refractivity contribution in [2.45, 2.75) is 6.54 Å². The number of fused-ring (bicyclic) bond motifs is 1. The van der Waals surface area contributed by atoms with Crippen molar-refractivity contribution in [2.75, 3.05) is 11.6 Å². The first kappa shape index (κ1) is 13.3. The number of hydrogen-bond donors (Lipinski definition) is 2. The maximum absolute atomic E-state index is 13.8. The number of pyridine rings is 1. The van der Waals surface area contributed by atoms with Gasteiger partial charge < -0.3 is 15.2 Å². The van der Waals surface area contributed by atoms with Gasteiger partial charge in [-0.2, -0.15) is 0 Å². The van der Waals surface area contributed by atoms with E-state index in [0.29, 0.717) is 17.8 Å². The Morgan fingerprint density at radius 2 is 2.00 bits per heavy atom. The van der Waals surface area contributed by atoms with Crippen molar-refractivity contribution in [3.05, 3.63) is 63.6 Å². The van der Waals surface area contributed by atoms with Gasteiger partial charge in [0.05, 0.1) is 12.4 Å². The van der Waals surface area contributed by atoms with Gasteiger partial charge in [-0.1, -0.05) is 0 Å². The second-order valence-electron chi connectivity index (χ2n) is 4.68. The minimum Gasteiger partial charge on any atom is -0.349 e. The third-order valence-corrected chi connectivity index (χ3v) is 3.28. The van der Waals surface area contributed by atoms with Crippen LogP contribution >= 0.6 is 0 Å². The number of carbonyl (C=O) groups is 1. The molecule has 0 bridgehead atoms. The molecular formula is C14H11F2N3O2. The van der Waals surface area contributed by atoms with E-state index in [9.17, 15) is 18.4 Å². The summed E-state index contributed by atoms with van der Waals surface area (Å²) in [5, 5.41) is 2.49. The molecule has 0 unspecified atom stereocenters. The first-order chi connectivity index (χ1) is 10.1. The third kappa shape index (κ3) is 2.37. The van der Waals surface area contributed by atoms with E-state index in [1.165, 1.54) is 18.3 Å². The summed E-state index contributed by atoms with van der Waals surface area (Å²) in [6.07, 6.45) is 1.51. The molecule has 0 atom stereocenters. The highest BCUT2D eigenvalue weighted by atomic mass is 19.2. The summed E-state index contributed by atoms with van der Waals surface area (Å²) in [4.78, 5) is 27.1. The first-order valence-corrected chi connectivity index (χ1v) is 6.25. The summed E-state index contributed by atoms with van der Waals surface area (Å²) < 4.78 is 27.1. The van der Waals surface area contributed by atoms with Crippen LogP contribution in [0.25, 0.3) is 0 Å².